The fraction of sp³-hybridized carbons (Fsp3) is 0.462. The molecule has 2 N–H and O–H groups in total. The largest absolute Gasteiger partial charge is 0.492 e. The van der Waals surface area contributed by atoms with Gasteiger partial charge in [-0.3, -0.25) is 4.79 Å². The van der Waals surface area contributed by atoms with Crippen LogP contribution in [0, 0.1) is 0 Å². The third-order valence-electron chi connectivity index (χ3n) is 2.53. The van der Waals surface area contributed by atoms with Gasteiger partial charge in [0.2, 0.25) is 5.91 Å². The molecule has 0 radical (unpaired) electrons. The van der Waals surface area contributed by atoms with Gasteiger partial charge in [-0.05, 0) is 18.2 Å². The second kappa shape index (κ2) is 7.99. The molecule has 19 heavy (non-hydrogen) atoms. The highest BCUT2D eigenvalue weighted by Gasteiger charge is 2.17. The fourth-order valence-electron chi connectivity index (χ4n) is 1.50. The van der Waals surface area contributed by atoms with E-state index < -0.39 is 6.04 Å². The van der Waals surface area contributed by atoms with Gasteiger partial charge in [0.1, 0.15) is 18.4 Å². The maximum absolute atomic E-state index is 11.8. The number of hydrogen-bond donors (Lipinski definition) is 1. The molecule has 0 fully saturated rings. The molecular formula is C13H19ClN2O3. The minimum Gasteiger partial charge on any atom is -0.492 e. The van der Waals surface area contributed by atoms with Crippen molar-refractivity contribution in [3.05, 3.63) is 29.3 Å². The van der Waals surface area contributed by atoms with Gasteiger partial charge in [0.05, 0.1) is 13.2 Å². The maximum atomic E-state index is 11.8. The molecule has 1 aromatic rings. The summed E-state index contributed by atoms with van der Waals surface area (Å²) in [7, 11) is 3.19. The van der Waals surface area contributed by atoms with Gasteiger partial charge in [-0.1, -0.05) is 17.7 Å². The molecule has 0 aliphatic rings. The summed E-state index contributed by atoms with van der Waals surface area (Å²) in [5, 5.41) is 0.615. The average molecular weight is 287 g/mol. The molecule has 1 amide bonds. The standard InChI is InChI=1S/C13H19ClN2O3/c1-16(13(17)12(15)9-18-2)6-7-19-11-5-3-4-10(14)8-11/h3-5,8,12H,6-7,9,15H2,1-2H3. The van der Waals surface area contributed by atoms with Crippen LogP contribution in [0.5, 0.6) is 5.75 Å². The molecular weight excluding hydrogens is 268 g/mol. The third kappa shape index (κ3) is 5.46. The molecule has 0 spiro atoms. The highest BCUT2D eigenvalue weighted by atomic mass is 35.5. The third-order valence-corrected chi connectivity index (χ3v) is 2.77. The van der Waals surface area contributed by atoms with E-state index in [-0.39, 0.29) is 12.5 Å². The lowest BCUT2D eigenvalue weighted by Gasteiger charge is -2.21. The van der Waals surface area contributed by atoms with Crippen LogP contribution < -0.4 is 10.5 Å². The van der Waals surface area contributed by atoms with Crippen LogP contribution in [0.2, 0.25) is 5.02 Å². The van der Waals surface area contributed by atoms with Gasteiger partial charge >= 0.3 is 0 Å². The summed E-state index contributed by atoms with van der Waals surface area (Å²) in [6.07, 6.45) is 0. The molecule has 0 aromatic heterocycles. The quantitative estimate of drug-likeness (QED) is 0.817. The number of nitrogens with zero attached hydrogens (tertiary/aromatic N) is 1. The van der Waals surface area contributed by atoms with Crippen molar-refractivity contribution in [1.82, 2.24) is 4.90 Å². The second-order valence-corrected chi connectivity index (χ2v) is 4.56. The van der Waals surface area contributed by atoms with E-state index in [9.17, 15) is 4.79 Å². The normalized spacial score (nSPS) is 12.0. The topological polar surface area (TPSA) is 64.8 Å². The molecule has 1 rings (SSSR count). The highest BCUT2D eigenvalue weighted by Crippen LogP contribution is 2.16. The summed E-state index contributed by atoms with van der Waals surface area (Å²) in [5.74, 6) is 0.506. The highest BCUT2D eigenvalue weighted by molar-refractivity contribution is 6.30. The smallest absolute Gasteiger partial charge is 0.241 e. The van der Waals surface area contributed by atoms with Crippen molar-refractivity contribution >= 4 is 17.5 Å². The Morgan fingerprint density at radius 3 is 2.89 bits per heavy atom. The van der Waals surface area contributed by atoms with Crippen molar-refractivity contribution in [3.8, 4) is 5.75 Å². The molecule has 0 aliphatic heterocycles. The lowest BCUT2D eigenvalue weighted by molar-refractivity contribution is -0.132. The summed E-state index contributed by atoms with van der Waals surface area (Å²) in [5.41, 5.74) is 5.66. The van der Waals surface area contributed by atoms with E-state index >= 15 is 0 Å². The SMILES string of the molecule is COCC(N)C(=O)N(C)CCOc1cccc(Cl)c1. The number of rotatable bonds is 7. The predicted molar refractivity (Wildman–Crippen MR) is 74.4 cm³/mol. The van der Waals surface area contributed by atoms with Crippen LogP contribution in [0.15, 0.2) is 24.3 Å². The van der Waals surface area contributed by atoms with Gasteiger partial charge in [-0.15, -0.1) is 0 Å². The zero-order chi connectivity index (χ0) is 14.3. The first-order valence-electron chi connectivity index (χ1n) is 5.92. The van der Waals surface area contributed by atoms with E-state index in [0.29, 0.717) is 23.9 Å². The number of amides is 1. The molecule has 0 bridgehead atoms. The monoisotopic (exact) mass is 286 g/mol. The average Bonchev–Trinajstić information content (AvgIpc) is 2.38. The number of hydrogen-bond acceptors (Lipinski definition) is 4. The van der Waals surface area contributed by atoms with Gasteiger partial charge in [0, 0.05) is 19.2 Å². The number of benzene rings is 1. The van der Waals surface area contributed by atoms with Crippen molar-refractivity contribution in [2.45, 2.75) is 6.04 Å². The van der Waals surface area contributed by atoms with Crippen LogP contribution in [-0.2, 0) is 9.53 Å². The number of ether oxygens (including phenoxy) is 2. The summed E-state index contributed by atoms with van der Waals surface area (Å²) in [6, 6.07) is 6.47. The molecule has 1 unspecified atom stereocenters. The zero-order valence-corrected chi connectivity index (χ0v) is 11.9. The van der Waals surface area contributed by atoms with Crippen LogP contribution in [0.1, 0.15) is 0 Å². The summed E-state index contributed by atoms with van der Waals surface area (Å²) >= 11 is 5.84. The van der Waals surface area contributed by atoms with Crippen molar-refractivity contribution in [2.24, 2.45) is 5.73 Å². The molecule has 1 aromatic carbocycles. The summed E-state index contributed by atoms with van der Waals surface area (Å²) in [4.78, 5) is 13.3. The molecule has 0 saturated carbocycles. The van der Waals surface area contributed by atoms with E-state index in [1.807, 2.05) is 6.07 Å². The Bertz CT molecular complexity index is 415. The minimum atomic E-state index is -0.638. The molecule has 106 valence electrons. The number of likely N-dealkylation sites (N-methyl/N-ethyl adjacent to an activating group) is 1. The van der Waals surface area contributed by atoms with Crippen molar-refractivity contribution in [3.63, 3.8) is 0 Å². The van der Waals surface area contributed by atoms with E-state index in [4.69, 9.17) is 26.8 Å². The second-order valence-electron chi connectivity index (χ2n) is 4.13. The van der Waals surface area contributed by atoms with E-state index in [0.717, 1.165) is 0 Å². The van der Waals surface area contributed by atoms with Crippen LogP contribution in [0.25, 0.3) is 0 Å². The molecule has 1 atom stereocenters. The zero-order valence-electron chi connectivity index (χ0n) is 11.1. The Kier molecular flexibility index (Phi) is 6.62. The van der Waals surface area contributed by atoms with Crippen LogP contribution in [-0.4, -0.2) is 50.8 Å². The first-order chi connectivity index (χ1) is 9.04. The molecule has 6 heteroatoms. The first kappa shape index (κ1) is 15.8. The fourth-order valence-corrected chi connectivity index (χ4v) is 1.68. The summed E-state index contributed by atoms with van der Waals surface area (Å²) in [6.45, 7) is 1.03. The molecule has 0 heterocycles. The van der Waals surface area contributed by atoms with Gasteiger partial charge in [-0.2, -0.15) is 0 Å². The van der Waals surface area contributed by atoms with E-state index in [1.54, 1.807) is 25.2 Å². The lowest BCUT2D eigenvalue weighted by atomic mass is 10.3. The van der Waals surface area contributed by atoms with Crippen LogP contribution in [0.3, 0.4) is 0 Å². The maximum Gasteiger partial charge on any atom is 0.241 e. The van der Waals surface area contributed by atoms with Gasteiger partial charge in [0.15, 0.2) is 0 Å². The van der Waals surface area contributed by atoms with Crippen LogP contribution >= 0.6 is 11.6 Å². The molecule has 0 saturated heterocycles. The number of carbonyl (C=O) groups is 1. The number of methoxy groups -OCH3 is 1. The first-order valence-corrected chi connectivity index (χ1v) is 6.30. The Labute approximate surface area is 118 Å². The van der Waals surface area contributed by atoms with Crippen molar-refractivity contribution in [1.29, 1.82) is 0 Å². The predicted octanol–water partition coefficient (Wildman–Crippen LogP) is 1.15. The number of nitrogens with two attached hydrogens (primary N) is 1. The number of carbonyl (C=O) groups excluding carboxylic acids is 1. The van der Waals surface area contributed by atoms with E-state index in [2.05, 4.69) is 0 Å². The number of halogens is 1. The lowest BCUT2D eigenvalue weighted by Crippen LogP contribution is -2.45. The van der Waals surface area contributed by atoms with Gasteiger partial charge in [-0.25, -0.2) is 0 Å². The Balaban J connectivity index is 2.34. The van der Waals surface area contributed by atoms with E-state index in [1.165, 1.54) is 12.0 Å². The summed E-state index contributed by atoms with van der Waals surface area (Å²) < 4.78 is 10.3. The Morgan fingerprint density at radius 1 is 1.53 bits per heavy atom. The minimum absolute atomic E-state index is 0.170. The molecule has 0 aliphatic carbocycles. The Morgan fingerprint density at radius 2 is 2.26 bits per heavy atom. The van der Waals surface area contributed by atoms with Gasteiger partial charge < -0.3 is 20.1 Å². The molecule has 5 nitrogen and oxygen atoms in total. The van der Waals surface area contributed by atoms with Crippen molar-refractivity contribution < 1.29 is 14.3 Å². The van der Waals surface area contributed by atoms with Crippen molar-refractivity contribution in [2.75, 3.05) is 33.9 Å². The Hall–Kier alpha value is -1.30. The van der Waals surface area contributed by atoms with Gasteiger partial charge in [0.25, 0.3) is 0 Å². The van der Waals surface area contributed by atoms with Crippen LogP contribution in [0.4, 0.5) is 0 Å².